The van der Waals surface area contributed by atoms with E-state index in [0.717, 1.165) is 12.0 Å². The Morgan fingerprint density at radius 1 is 1.38 bits per heavy atom. The molecule has 1 rings (SSSR count). The molecular formula is C12H15NO3. The van der Waals surface area contributed by atoms with E-state index in [1.165, 1.54) is 5.56 Å². The summed E-state index contributed by atoms with van der Waals surface area (Å²) in [5, 5.41) is 12.1. The van der Waals surface area contributed by atoms with Gasteiger partial charge in [-0.05, 0) is 24.5 Å². The number of benzene rings is 1. The van der Waals surface area contributed by atoms with Crippen LogP contribution in [0.25, 0.3) is 0 Å². The largest absolute Gasteiger partial charge is 0.479 e. The van der Waals surface area contributed by atoms with E-state index in [2.05, 4.69) is 16.9 Å². The first-order chi connectivity index (χ1) is 7.63. The monoisotopic (exact) mass is 221 g/mol. The molecule has 0 atom stereocenters. The summed E-state index contributed by atoms with van der Waals surface area (Å²) in [5.41, 5.74) is 2.86. The quantitative estimate of drug-likeness (QED) is 0.611. The summed E-state index contributed by atoms with van der Waals surface area (Å²) in [6.45, 7) is 3.46. The van der Waals surface area contributed by atoms with Gasteiger partial charge in [0, 0.05) is 0 Å². The van der Waals surface area contributed by atoms with Crippen LogP contribution < -0.4 is 0 Å². The number of nitrogens with zero attached hydrogens (tertiary/aromatic N) is 1. The fourth-order valence-corrected chi connectivity index (χ4v) is 1.22. The first-order valence-electron chi connectivity index (χ1n) is 5.11. The highest BCUT2D eigenvalue weighted by molar-refractivity contribution is 5.98. The molecule has 4 nitrogen and oxygen atoms in total. The van der Waals surface area contributed by atoms with Crippen molar-refractivity contribution < 1.29 is 14.7 Å². The van der Waals surface area contributed by atoms with E-state index in [4.69, 9.17) is 5.11 Å². The Labute approximate surface area is 94.5 Å². The van der Waals surface area contributed by atoms with Gasteiger partial charge in [0.1, 0.15) is 0 Å². The van der Waals surface area contributed by atoms with E-state index < -0.39 is 12.6 Å². The van der Waals surface area contributed by atoms with Gasteiger partial charge in [-0.15, -0.1) is 0 Å². The van der Waals surface area contributed by atoms with Gasteiger partial charge in [-0.2, -0.15) is 0 Å². The zero-order valence-electron chi connectivity index (χ0n) is 9.43. The lowest BCUT2D eigenvalue weighted by Gasteiger charge is -2.02. The fraction of sp³-hybridized carbons (Fsp3) is 0.333. The SMILES string of the molecule is CCc1ccc(/C(C)=N/OCC(=O)O)cc1. The molecule has 0 aromatic heterocycles. The minimum atomic E-state index is -1.03. The van der Waals surface area contributed by atoms with Gasteiger partial charge in [-0.25, -0.2) is 4.79 Å². The van der Waals surface area contributed by atoms with Gasteiger partial charge in [0.2, 0.25) is 6.61 Å². The molecule has 0 aliphatic rings. The Bertz CT molecular complexity index is 382. The van der Waals surface area contributed by atoms with Crippen molar-refractivity contribution in [1.82, 2.24) is 0 Å². The van der Waals surface area contributed by atoms with Crippen molar-refractivity contribution in [2.75, 3.05) is 6.61 Å². The molecule has 86 valence electrons. The topological polar surface area (TPSA) is 58.9 Å². The van der Waals surface area contributed by atoms with Crippen molar-refractivity contribution in [1.29, 1.82) is 0 Å². The smallest absolute Gasteiger partial charge is 0.344 e. The van der Waals surface area contributed by atoms with Crippen LogP contribution in [-0.4, -0.2) is 23.4 Å². The van der Waals surface area contributed by atoms with Crippen LogP contribution in [0.4, 0.5) is 0 Å². The van der Waals surface area contributed by atoms with Crippen molar-refractivity contribution in [2.24, 2.45) is 5.16 Å². The average molecular weight is 221 g/mol. The van der Waals surface area contributed by atoms with Crippen LogP contribution in [0, 0.1) is 0 Å². The number of aliphatic carboxylic acids is 1. The van der Waals surface area contributed by atoms with Crippen LogP contribution in [0.2, 0.25) is 0 Å². The normalized spacial score (nSPS) is 11.2. The maximum Gasteiger partial charge on any atom is 0.344 e. The van der Waals surface area contributed by atoms with Gasteiger partial charge in [-0.3, -0.25) is 0 Å². The minimum Gasteiger partial charge on any atom is -0.479 e. The number of aryl methyl sites for hydroxylation is 1. The van der Waals surface area contributed by atoms with Crippen molar-refractivity contribution in [2.45, 2.75) is 20.3 Å². The fourth-order valence-electron chi connectivity index (χ4n) is 1.22. The number of rotatable bonds is 5. The lowest BCUT2D eigenvalue weighted by Crippen LogP contribution is -2.05. The zero-order chi connectivity index (χ0) is 12.0. The van der Waals surface area contributed by atoms with Gasteiger partial charge in [-0.1, -0.05) is 36.3 Å². The number of carboxylic acid groups (broad SMARTS) is 1. The summed E-state index contributed by atoms with van der Waals surface area (Å²) in [4.78, 5) is 14.9. The molecule has 1 aromatic rings. The van der Waals surface area contributed by atoms with Crippen molar-refractivity contribution in [3.63, 3.8) is 0 Å². The minimum absolute atomic E-state index is 0.412. The highest BCUT2D eigenvalue weighted by Crippen LogP contribution is 2.06. The molecule has 0 heterocycles. The van der Waals surface area contributed by atoms with Crippen molar-refractivity contribution in [3.8, 4) is 0 Å². The van der Waals surface area contributed by atoms with Gasteiger partial charge in [0.25, 0.3) is 0 Å². The third-order valence-corrected chi connectivity index (χ3v) is 2.17. The summed E-state index contributed by atoms with van der Waals surface area (Å²) in [6, 6.07) is 7.93. The number of hydrogen-bond acceptors (Lipinski definition) is 3. The van der Waals surface area contributed by atoms with Crippen LogP contribution in [0.3, 0.4) is 0 Å². The van der Waals surface area contributed by atoms with E-state index in [1.54, 1.807) is 6.92 Å². The maximum atomic E-state index is 10.2. The molecule has 0 unspecified atom stereocenters. The third kappa shape index (κ3) is 3.73. The van der Waals surface area contributed by atoms with Gasteiger partial charge >= 0.3 is 5.97 Å². The molecule has 0 amide bonds. The van der Waals surface area contributed by atoms with Crippen molar-refractivity contribution in [3.05, 3.63) is 35.4 Å². The second-order valence-corrected chi connectivity index (χ2v) is 3.39. The predicted molar refractivity (Wildman–Crippen MR) is 61.6 cm³/mol. The van der Waals surface area contributed by atoms with E-state index in [1.807, 2.05) is 24.3 Å². The standard InChI is InChI=1S/C12H15NO3/c1-3-10-4-6-11(7-5-10)9(2)13-16-8-12(14)15/h4-7H,3,8H2,1-2H3,(H,14,15)/b13-9+. The third-order valence-electron chi connectivity index (χ3n) is 2.17. The molecule has 0 saturated heterocycles. The van der Waals surface area contributed by atoms with Crippen molar-refractivity contribution >= 4 is 11.7 Å². The van der Waals surface area contributed by atoms with E-state index >= 15 is 0 Å². The molecule has 0 radical (unpaired) electrons. The molecule has 16 heavy (non-hydrogen) atoms. The summed E-state index contributed by atoms with van der Waals surface area (Å²) in [5.74, 6) is -1.03. The predicted octanol–water partition coefficient (Wildman–Crippen LogP) is 2.07. The number of oxime groups is 1. The van der Waals surface area contributed by atoms with Crippen LogP contribution in [0.15, 0.2) is 29.4 Å². The van der Waals surface area contributed by atoms with Gasteiger partial charge in [0.15, 0.2) is 0 Å². The van der Waals surface area contributed by atoms with E-state index in [9.17, 15) is 4.79 Å². The lowest BCUT2D eigenvalue weighted by atomic mass is 10.1. The Kier molecular flexibility index (Phi) is 4.51. The lowest BCUT2D eigenvalue weighted by molar-refractivity contribution is -0.142. The summed E-state index contributed by atoms with van der Waals surface area (Å²) in [7, 11) is 0. The number of hydrogen-bond donors (Lipinski definition) is 1. The summed E-state index contributed by atoms with van der Waals surface area (Å²) < 4.78 is 0. The Morgan fingerprint density at radius 2 is 2.00 bits per heavy atom. The van der Waals surface area contributed by atoms with Crippen LogP contribution in [0.1, 0.15) is 25.0 Å². The second kappa shape index (κ2) is 5.90. The molecule has 0 fully saturated rings. The molecule has 0 spiro atoms. The summed E-state index contributed by atoms with van der Waals surface area (Å²) in [6.07, 6.45) is 0.992. The van der Waals surface area contributed by atoms with Gasteiger partial charge < -0.3 is 9.94 Å². The molecule has 1 N–H and O–H groups in total. The molecular weight excluding hydrogens is 206 g/mol. The van der Waals surface area contributed by atoms with Crippen LogP contribution >= 0.6 is 0 Å². The Morgan fingerprint density at radius 3 is 2.50 bits per heavy atom. The first kappa shape index (κ1) is 12.2. The summed E-state index contributed by atoms with van der Waals surface area (Å²) >= 11 is 0. The highest BCUT2D eigenvalue weighted by Gasteiger charge is 1.99. The Balaban J connectivity index is 2.64. The molecule has 4 heteroatoms. The average Bonchev–Trinajstić information content (AvgIpc) is 2.28. The Hall–Kier alpha value is -1.84. The van der Waals surface area contributed by atoms with Gasteiger partial charge in [0.05, 0.1) is 5.71 Å². The molecule has 0 bridgehead atoms. The molecule has 0 saturated carbocycles. The highest BCUT2D eigenvalue weighted by atomic mass is 16.6. The van der Waals surface area contributed by atoms with Crippen LogP contribution in [-0.2, 0) is 16.1 Å². The second-order valence-electron chi connectivity index (χ2n) is 3.39. The number of carbonyl (C=O) groups is 1. The molecule has 0 aliphatic carbocycles. The maximum absolute atomic E-state index is 10.2. The molecule has 1 aromatic carbocycles. The molecule has 0 aliphatic heterocycles. The first-order valence-corrected chi connectivity index (χ1v) is 5.11. The van der Waals surface area contributed by atoms with Crippen LogP contribution in [0.5, 0.6) is 0 Å². The van der Waals surface area contributed by atoms with E-state index in [0.29, 0.717) is 5.71 Å². The van der Waals surface area contributed by atoms with E-state index in [-0.39, 0.29) is 0 Å². The zero-order valence-corrected chi connectivity index (χ0v) is 9.43. The number of carboxylic acids is 1.